The van der Waals surface area contributed by atoms with Gasteiger partial charge in [-0.05, 0) is 47.6 Å². The van der Waals surface area contributed by atoms with Crippen LogP contribution < -0.4 is 0 Å². The van der Waals surface area contributed by atoms with E-state index in [0.29, 0.717) is 11.0 Å². The molecule has 0 saturated carbocycles. The van der Waals surface area contributed by atoms with Gasteiger partial charge >= 0.3 is 0 Å². The Bertz CT molecular complexity index is 355. The van der Waals surface area contributed by atoms with Crippen LogP contribution in [0, 0.1) is 11.6 Å². The quantitative estimate of drug-likeness (QED) is 0.742. The van der Waals surface area contributed by atoms with Crippen LogP contribution in [0.25, 0.3) is 0 Å². The van der Waals surface area contributed by atoms with Gasteiger partial charge in [-0.2, -0.15) is 0 Å². The van der Waals surface area contributed by atoms with Gasteiger partial charge in [0.1, 0.15) is 11.6 Å². The summed E-state index contributed by atoms with van der Waals surface area (Å²) in [5.74, 6) is -0.968. The van der Waals surface area contributed by atoms with Crippen LogP contribution in [0.3, 0.4) is 0 Å². The summed E-state index contributed by atoms with van der Waals surface area (Å²) in [5, 5.41) is 0. The predicted molar refractivity (Wildman–Crippen MR) is 65.3 cm³/mol. The molecule has 16 heavy (non-hydrogen) atoms. The molecular formula is C12H16BrF2N. The van der Waals surface area contributed by atoms with Crippen molar-refractivity contribution in [1.29, 1.82) is 0 Å². The standard InChI is InChI=1S/C12H16BrF2N/c1-3-7-16(4-2)8-9-11(14)6-5-10(13)12(9)15/h5-6H,3-4,7-8H2,1-2H3. The van der Waals surface area contributed by atoms with Crippen molar-refractivity contribution in [2.45, 2.75) is 26.8 Å². The third-order valence-corrected chi connectivity index (χ3v) is 3.12. The molecule has 0 aliphatic heterocycles. The Kier molecular flexibility index (Phi) is 5.35. The molecule has 0 saturated heterocycles. The normalized spacial score (nSPS) is 11.1. The molecule has 1 aromatic carbocycles. The number of rotatable bonds is 5. The summed E-state index contributed by atoms with van der Waals surface area (Å²) in [7, 11) is 0. The average molecular weight is 292 g/mol. The van der Waals surface area contributed by atoms with Gasteiger partial charge in [-0.3, -0.25) is 4.90 Å². The van der Waals surface area contributed by atoms with Crippen molar-refractivity contribution in [2.24, 2.45) is 0 Å². The minimum absolute atomic E-state index is 0.143. The molecule has 0 radical (unpaired) electrons. The van der Waals surface area contributed by atoms with E-state index in [2.05, 4.69) is 22.9 Å². The van der Waals surface area contributed by atoms with E-state index in [4.69, 9.17) is 0 Å². The van der Waals surface area contributed by atoms with Crippen molar-refractivity contribution in [3.05, 3.63) is 33.8 Å². The van der Waals surface area contributed by atoms with Crippen LogP contribution in [0.15, 0.2) is 16.6 Å². The summed E-state index contributed by atoms with van der Waals surface area (Å²) in [6.07, 6.45) is 0.977. The Morgan fingerprint density at radius 1 is 1.25 bits per heavy atom. The lowest BCUT2D eigenvalue weighted by Crippen LogP contribution is -2.24. The lowest BCUT2D eigenvalue weighted by molar-refractivity contribution is 0.271. The third-order valence-electron chi connectivity index (χ3n) is 2.51. The Balaban J connectivity index is 2.90. The fourth-order valence-electron chi connectivity index (χ4n) is 1.60. The van der Waals surface area contributed by atoms with Crippen molar-refractivity contribution in [3.63, 3.8) is 0 Å². The van der Waals surface area contributed by atoms with Crippen molar-refractivity contribution in [2.75, 3.05) is 13.1 Å². The van der Waals surface area contributed by atoms with E-state index >= 15 is 0 Å². The highest BCUT2D eigenvalue weighted by Gasteiger charge is 2.14. The second-order valence-electron chi connectivity index (χ2n) is 3.69. The molecule has 0 N–H and O–H groups in total. The van der Waals surface area contributed by atoms with E-state index in [-0.39, 0.29) is 5.56 Å². The lowest BCUT2D eigenvalue weighted by atomic mass is 10.2. The number of hydrogen-bond donors (Lipinski definition) is 0. The van der Waals surface area contributed by atoms with Gasteiger partial charge in [0.15, 0.2) is 0 Å². The minimum Gasteiger partial charge on any atom is -0.299 e. The summed E-state index contributed by atoms with van der Waals surface area (Å²) in [6, 6.07) is 2.69. The molecular weight excluding hydrogens is 276 g/mol. The van der Waals surface area contributed by atoms with Crippen LogP contribution in [0.4, 0.5) is 8.78 Å². The second-order valence-corrected chi connectivity index (χ2v) is 4.54. The summed E-state index contributed by atoms with van der Waals surface area (Å²) >= 11 is 3.07. The summed E-state index contributed by atoms with van der Waals surface area (Å²) in [5.41, 5.74) is 0.143. The maximum Gasteiger partial charge on any atom is 0.144 e. The molecule has 0 aliphatic carbocycles. The second kappa shape index (κ2) is 6.30. The van der Waals surface area contributed by atoms with Crippen LogP contribution in [-0.4, -0.2) is 18.0 Å². The highest BCUT2D eigenvalue weighted by molar-refractivity contribution is 9.10. The number of halogens is 3. The fourth-order valence-corrected chi connectivity index (χ4v) is 1.97. The highest BCUT2D eigenvalue weighted by atomic mass is 79.9. The molecule has 4 heteroatoms. The first-order chi connectivity index (χ1) is 7.60. The monoisotopic (exact) mass is 291 g/mol. The molecule has 1 aromatic rings. The summed E-state index contributed by atoms with van der Waals surface area (Å²) in [6.45, 7) is 6.00. The van der Waals surface area contributed by atoms with Gasteiger partial charge < -0.3 is 0 Å². The van der Waals surface area contributed by atoms with Crippen LogP contribution >= 0.6 is 15.9 Å². The molecule has 0 spiro atoms. The first kappa shape index (κ1) is 13.6. The van der Waals surface area contributed by atoms with Gasteiger partial charge in [-0.1, -0.05) is 13.8 Å². The van der Waals surface area contributed by atoms with Gasteiger partial charge in [0, 0.05) is 12.1 Å². The smallest absolute Gasteiger partial charge is 0.144 e. The average Bonchev–Trinajstić information content (AvgIpc) is 2.28. The Hall–Kier alpha value is -0.480. The fraction of sp³-hybridized carbons (Fsp3) is 0.500. The number of nitrogens with zero attached hydrogens (tertiary/aromatic N) is 1. The number of benzene rings is 1. The van der Waals surface area contributed by atoms with Gasteiger partial charge in [0.2, 0.25) is 0 Å². The molecule has 0 atom stereocenters. The molecule has 0 fully saturated rings. The SMILES string of the molecule is CCCN(CC)Cc1c(F)ccc(Br)c1F. The van der Waals surface area contributed by atoms with E-state index in [1.54, 1.807) is 0 Å². The van der Waals surface area contributed by atoms with E-state index < -0.39 is 11.6 Å². The van der Waals surface area contributed by atoms with Crippen LogP contribution in [-0.2, 0) is 6.54 Å². The van der Waals surface area contributed by atoms with Gasteiger partial charge in [-0.25, -0.2) is 8.78 Å². The van der Waals surface area contributed by atoms with E-state index in [1.165, 1.54) is 12.1 Å². The largest absolute Gasteiger partial charge is 0.299 e. The lowest BCUT2D eigenvalue weighted by Gasteiger charge is -2.20. The molecule has 0 bridgehead atoms. The minimum atomic E-state index is -0.491. The molecule has 1 nitrogen and oxygen atoms in total. The third kappa shape index (κ3) is 3.25. The first-order valence-corrected chi connectivity index (χ1v) is 6.24. The summed E-state index contributed by atoms with van der Waals surface area (Å²) < 4.78 is 27.5. The maximum atomic E-state index is 13.7. The zero-order valence-corrected chi connectivity index (χ0v) is 11.2. The van der Waals surface area contributed by atoms with Crippen molar-refractivity contribution < 1.29 is 8.78 Å². The molecule has 0 amide bonds. The topological polar surface area (TPSA) is 3.24 Å². The van der Waals surface area contributed by atoms with Crippen molar-refractivity contribution >= 4 is 15.9 Å². The Labute approximate surface area is 104 Å². The molecule has 90 valence electrons. The Morgan fingerprint density at radius 3 is 2.50 bits per heavy atom. The van der Waals surface area contributed by atoms with Crippen LogP contribution in [0.1, 0.15) is 25.8 Å². The molecule has 0 aromatic heterocycles. The Morgan fingerprint density at radius 2 is 1.94 bits per heavy atom. The predicted octanol–water partition coefficient (Wildman–Crippen LogP) is 3.96. The van der Waals surface area contributed by atoms with Crippen LogP contribution in [0.2, 0.25) is 0 Å². The van der Waals surface area contributed by atoms with Crippen molar-refractivity contribution in [3.8, 4) is 0 Å². The van der Waals surface area contributed by atoms with E-state index in [9.17, 15) is 8.78 Å². The summed E-state index contributed by atoms with van der Waals surface area (Å²) in [4.78, 5) is 2.02. The highest BCUT2D eigenvalue weighted by Crippen LogP contribution is 2.22. The molecule has 0 unspecified atom stereocenters. The molecule has 1 rings (SSSR count). The zero-order chi connectivity index (χ0) is 12.1. The first-order valence-electron chi connectivity index (χ1n) is 5.44. The van der Waals surface area contributed by atoms with Crippen molar-refractivity contribution in [1.82, 2.24) is 4.90 Å². The zero-order valence-electron chi connectivity index (χ0n) is 9.56. The van der Waals surface area contributed by atoms with Gasteiger partial charge in [-0.15, -0.1) is 0 Å². The van der Waals surface area contributed by atoms with E-state index in [0.717, 1.165) is 19.5 Å². The molecule has 0 heterocycles. The van der Waals surface area contributed by atoms with Gasteiger partial charge in [0.25, 0.3) is 0 Å². The number of hydrogen-bond acceptors (Lipinski definition) is 1. The van der Waals surface area contributed by atoms with Crippen LogP contribution in [0.5, 0.6) is 0 Å². The maximum absolute atomic E-state index is 13.7. The van der Waals surface area contributed by atoms with Gasteiger partial charge in [0.05, 0.1) is 4.47 Å². The van der Waals surface area contributed by atoms with E-state index in [1.807, 2.05) is 11.8 Å². The molecule has 0 aliphatic rings.